The van der Waals surface area contributed by atoms with Gasteiger partial charge in [-0.15, -0.1) is 0 Å². The largest absolute Gasteiger partial charge is 0.478 e. The highest BCUT2D eigenvalue weighted by molar-refractivity contribution is 5.87. The van der Waals surface area contributed by atoms with E-state index in [1.807, 2.05) is 30.3 Å². The summed E-state index contributed by atoms with van der Waals surface area (Å²) in [6.45, 7) is 15.1. The SMILES string of the molecule is C=C(C)C(=O)O.C=C(C)C(=O)OCc1ccccc1.C=C(CC)C(=O)O. The van der Waals surface area contributed by atoms with Crippen molar-refractivity contribution in [2.45, 2.75) is 33.8 Å². The Bertz CT molecular complexity index is 632. The molecule has 0 amide bonds. The maximum absolute atomic E-state index is 11.0. The molecule has 6 nitrogen and oxygen atoms in total. The lowest BCUT2D eigenvalue weighted by Gasteiger charge is -2.03. The Balaban J connectivity index is 0. The van der Waals surface area contributed by atoms with Crippen molar-refractivity contribution in [2.75, 3.05) is 0 Å². The number of rotatable bonds is 6. The molecule has 0 unspecified atom stereocenters. The number of carboxylic acids is 2. The Kier molecular flexibility index (Phi) is 13.7. The van der Waals surface area contributed by atoms with E-state index in [2.05, 4.69) is 19.7 Å². The second-order valence-corrected chi connectivity index (χ2v) is 5.19. The number of hydrogen-bond acceptors (Lipinski definition) is 4. The van der Waals surface area contributed by atoms with E-state index in [1.165, 1.54) is 6.92 Å². The predicted octanol–water partition coefficient (Wildman–Crippen LogP) is 3.99. The van der Waals surface area contributed by atoms with E-state index < -0.39 is 11.9 Å². The van der Waals surface area contributed by atoms with E-state index in [9.17, 15) is 14.4 Å². The van der Waals surface area contributed by atoms with Gasteiger partial charge in [-0.2, -0.15) is 0 Å². The fourth-order valence-electron chi connectivity index (χ4n) is 0.998. The summed E-state index contributed by atoms with van der Waals surface area (Å²) in [5.41, 5.74) is 1.85. The summed E-state index contributed by atoms with van der Waals surface area (Å²) in [4.78, 5) is 30.4. The molecular formula is C20H26O6. The molecule has 2 N–H and O–H groups in total. The average molecular weight is 362 g/mol. The van der Waals surface area contributed by atoms with E-state index in [4.69, 9.17) is 14.9 Å². The molecule has 0 radical (unpaired) electrons. The highest BCUT2D eigenvalue weighted by Gasteiger charge is 2.02. The second-order valence-electron chi connectivity index (χ2n) is 5.19. The van der Waals surface area contributed by atoms with E-state index in [0.717, 1.165) is 5.56 Å². The van der Waals surface area contributed by atoms with Crippen LogP contribution in [0.3, 0.4) is 0 Å². The normalized spacial score (nSPS) is 8.58. The van der Waals surface area contributed by atoms with Crippen molar-refractivity contribution >= 4 is 17.9 Å². The number of carbonyl (C=O) groups excluding carboxylic acids is 1. The molecule has 0 aromatic heterocycles. The first-order valence-electron chi connectivity index (χ1n) is 7.69. The molecule has 0 heterocycles. The van der Waals surface area contributed by atoms with Crippen LogP contribution in [-0.4, -0.2) is 28.1 Å². The maximum atomic E-state index is 11.0. The van der Waals surface area contributed by atoms with Crippen LogP contribution in [0, 0.1) is 0 Å². The molecular weight excluding hydrogens is 336 g/mol. The van der Waals surface area contributed by atoms with Gasteiger partial charge in [-0.3, -0.25) is 0 Å². The number of carbonyl (C=O) groups is 3. The molecule has 0 bridgehead atoms. The Hall–Kier alpha value is -3.15. The summed E-state index contributed by atoms with van der Waals surface area (Å²) in [5.74, 6) is -2.18. The second kappa shape index (κ2) is 14.2. The highest BCUT2D eigenvalue weighted by Crippen LogP contribution is 2.02. The quantitative estimate of drug-likeness (QED) is 0.586. The topological polar surface area (TPSA) is 101 Å². The first-order chi connectivity index (χ1) is 12.0. The zero-order valence-corrected chi connectivity index (χ0v) is 15.4. The van der Waals surface area contributed by atoms with Crippen molar-refractivity contribution in [3.8, 4) is 0 Å². The number of benzene rings is 1. The van der Waals surface area contributed by atoms with Crippen LogP contribution in [0.5, 0.6) is 0 Å². The number of esters is 1. The van der Waals surface area contributed by atoms with E-state index in [0.29, 0.717) is 18.6 Å². The fourth-order valence-corrected chi connectivity index (χ4v) is 0.998. The molecule has 1 aromatic carbocycles. The summed E-state index contributed by atoms with van der Waals surface area (Å²) in [6.07, 6.45) is 0.523. The molecule has 0 aliphatic rings. The van der Waals surface area contributed by atoms with Gasteiger partial charge in [0.15, 0.2) is 0 Å². The minimum atomic E-state index is -0.935. The Morgan fingerprint density at radius 2 is 1.38 bits per heavy atom. The van der Waals surface area contributed by atoms with Crippen molar-refractivity contribution in [2.24, 2.45) is 0 Å². The lowest BCUT2D eigenvalue weighted by molar-refractivity contribution is -0.140. The monoisotopic (exact) mass is 362 g/mol. The highest BCUT2D eigenvalue weighted by atomic mass is 16.5. The minimum Gasteiger partial charge on any atom is -0.478 e. The van der Waals surface area contributed by atoms with Gasteiger partial charge in [-0.05, 0) is 25.8 Å². The Labute approximate surface area is 154 Å². The van der Waals surface area contributed by atoms with Crippen molar-refractivity contribution < 1.29 is 29.3 Å². The first-order valence-corrected chi connectivity index (χ1v) is 7.69. The van der Waals surface area contributed by atoms with Crippen LogP contribution in [0.25, 0.3) is 0 Å². The Morgan fingerprint density at radius 1 is 0.923 bits per heavy atom. The van der Waals surface area contributed by atoms with Gasteiger partial charge >= 0.3 is 17.9 Å². The van der Waals surface area contributed by atoms with Gasteiger partial charge in [-0.1, -0.05) is 57.0 Å². The van der Waals surface area contributed by atoms with E-state index in [-0.39, 0.29) is 17.1 Å². The van der Waals surface area contributed by atoms with Crippen molar-refractivity contribution in [3.63, 3.8) is 0 Å². The number of hydrogen-bond donors (Lipinski definition) is 2. The minimum absolute atomic E-state index is 0.176. The fraction of sp³-hybridized carbons (Fsp3) is 0.250. The van der Waals surface area contributed by atoms with Crippen LogP contribution in [0.4, 0.5) is 0 Å². The van der Waals surface area contributed by atoms with Crippen LogP contribution in [0.1, 0.15) is 32.8 Å². The molecule has 0 saturated heterocycles. The summed E-state index contributed by atoms with van der Waals surface area (Å²) in [5, 5.41) is 16.0. The van der Waals surface area contributed by atoms with Crippen molar-refractivity contribution in [3.05, 3.63) is 72.4 Å². The van der Waals surface area contributed by atoms with Gasteiger partial charge < -0.3 is 14.9 Å². The number of aliphatic carboxylic acids is 2. The van der Waals surface area contributed by atoms with E-state index >= 15 is 0 Å². The third-order valence-electron chi connectivity index (χ3n) is 2.66. The summed E-state index contributed by atoms with van der Waals surface area (Å²) < 4.78 is 4.95. The Morgan fingerprint density at radius 3 is 1.65 bits per heavy atom. The van der Waals surface area contributed by atoms with Gasteiger partial charge in [0.05, 0.1) is 0 Å². The molecule has 0 saturated carbocycles. The molecule has 0 aliphatic heterocycles. The van der Waals surface area contributed by atoms with E-state index in [1.54, 1.807) is 13.8 Å². The zero-order valence-electron chi connectivity index (χ0n) is 15.4. The van der Waals surface area contributed by atoms with Gasteiger partial charge in [0.25, 0.3) is 0 Å². The average Bonchev–Trinajstić information content (AvgIpc) is 2.60. The summed E-state index contributed by atoms with van der Waals surface area (Å²) >= 11 is 0. The molecule has 0 spiro atoms. The van der Waals surface area contributed by atoms with Gasteiger partial charge in [-0.25, -0.2) is 14.4 Å². The smallest absolute Gasteiger partial charge is 0.333 e. The van der Waals surface area contributed by atoms with Crippen molar-refractivity contribution in [1.82, 2.24) is 0 Å². The van der Waals surface area contributed by atoms with Crippen LogP contribution in [-0.2, 0) is 25.7 Å². The molecule has 1 aromatic rings. The molecule has 1 rings (SSSR count). The van der Waals surface area contributed by atoms with Crippen LogP contribution in [0.15, 0.2) is 66.8 Å². The maximum Gasteiger partial charge on any atom is 0.333 e. The number of carboxylic acid groups (broad SMARTS) is 2. The molecule has 6 heteroatoms. The summed E-state index contributed by atoms with van der Waals surface area (Å²) in [7, 11) is 0. The van der Waals surface area contributed by atoms with Gasteiger partial charge in [0.2, 0.25) is 0 Å². The lowest BCUT2D eigenvalue weighted by atomic mass is 10.2. The lowest BCUT2D eigenvalue weighted by Crippen LogP contribution is -2.04. The molecule has 142 valence electrons. The third kappa shape index (κ3) is 14.4. The molecule has 0 aliphatic carbocycles. The number of ether oxygens (including phenoxy) is 1. The molecule has 26 heavy (non-hydrogen) atoms. The standard InChI is InChI=1S/C11H12O2.C5H8O2.C4H6O2/c1-9(2)11(12)13-8-10-6-4-3-5-7-10;1-3-4(2)5(6)7;1-3(2)4(5)6/h3-7H,1,8H2,2H3;2-3H2,1H3,(H,6,7);1H2,2H3,(H,5,6). The first kappa shape index (κ1) is 25.1. The van der Waals surface area contributed by atoms with Gasteiger partial charge in [0, 0.05) is 16.7 Å². The molecule has 0 fully saturated rings. The zero-order chi connectivity index (χ0) is 20.7. The third-order valence-corrected chi connectivity index (χ3v) is 2.66. The van der Waals surface area contributed by atoms with Crippen LogP contribution in [0.2, 0.25) is 0 Å². The van der Waals surface area contributed by atoms with Crippen molar-refractivity contribution in [1.29, 1.82) is 0 Å². The molecule has 0 atom stereocenters. The summed E-state index contributed by atoms with van der Waals surface area (Å²) in [6, 6.07) is 9.55. The van der Waals surface area contributed by atoms with Crippen LogP contribution >= 0.6 is 0 Å². The van der Waals surface area contributed by atoms with Crippen LogP contribution < -0.4 is 0 Å². The predicted molar refractivity (Wildman–Crippen MR) is 101 cm³/mol. The van der Waals surface area contributed by atoms with Gasteiger partial charge in [0.1, 0.15) is 6.61 Å².